The Morgan fingerprint density at radius 3 is 2.62 bits per heavy atom. The average molecular weight is 550 g/mol. The monoisotopic (exact) mass is 549 g/mol. The number of amides is 1. The molecule has 1 saturated heterocycles. The Kier molecular flexibility index (Phi) is 7.86. The first-order chi connectivity index (χ1) is 18.7. The van der Waals surface area contributed by atoms with E-state index in [0.717, 1.165) is 16.2 Å². The van der Waals surface area contributed by atoms with Gasteiger partial charge in [0.25, 0.3) is 11.5 Å². The zero-order valence-corrected chi connectivity index (χ0v) is 21.8. The lowest BCUT2D eigenvalue weighted by molar-refractivity contribution is -0.384. The standard InChI is InChI=1S/C27H23N3O8S/c1-4-13-38-26(34)24-15(3)28-27(39-24)29-21(16-9-11-18(12-10-16)30(35)36)20(23(32)25(29)33)22(31)17-7-6-8-19(14-17)37-5-2/h4,6-12,14,21,31H,1,5,13H2,2-3H3/b22-20+. The van der Waals surface area contributed by atoms with Gasteiger partial charge in [-0.25, -0.2) is 9.78 Å². The Hall–Kier alpha value is -4.84. The van der Waals surface area contributed by atoms with Crippen LogP contribution in [-0.2, 0) is 14.3 Å². The van der Waals surface area contributed by atoms with Gasteiger partial charge in [-0.1, -0.05) is 36.1 Å². The minimum Gasteiger partial charge on any atom is -0.507 e. The van der Waals surface area contributed by atoms with Crippen molar-refractivity contribution in [1.82, 2.24) is 4.98 Å². The summed E-state index contributed by atoms with van der Waals surface area (Å²) in [5.74, 6) is -2.66. The largest absolute Gasteiger partial charge is 0.507 e. The van der Waals surface area contributed by atoms with Gasteiger partial charge in [0.1, 0.15) is 23.0 Å². The molecular weight excluding hydrogens is 526 g/mol. The van der Waals surface area contributed by atoms with Crippen molar-refractivity contribution in [1.29, 1.82) is 0 Å². The number of hydrogen-bond donors (Lipinski definition) is 1. The summed E-state index contributed by atoms with van der Waals surface area (Å²) >= 11 is 0.847. The fraction of sp³-hybridized carbons (Fsp3) is 0.185. The van der Waals surface area contributed by atoms with E-state index in [1.54, 1.807) is 32.0 Å². The number of nitro benzene ring substituents is 1. The summed E-state index contributed by atoms with van der Waals surface area (Å²) in [7, 11) is 0. The van der Waals surface area contributed by atoms with E-state index < -0.39 is 34.4 Å². The van der Waals surface area contributed by atoms with Crippen molar-refractivity contribution >= 4 is 45.6 Å². The third kappa shape index (κ3) is 5.27. The number of ketones is 1. The van der Waals surface area contributed by atoms with Crippen LogP contribution < -0.4 is 9.64 Å². The highest BCUT2D eigenvalue weighted by atomic mass is 32.1. The lowest BCUT2D eigenvalue weighted by Crippen LogP contribution is -2.29. The van der Waals surface area contributed by atoms with E-state index in [-0.39, 0.29) is 39.1 Å². The van der Waals surface area contributed by atoms with Gasteiger partial charge in [0.15, 0.2) is 5.13 Å². The number of carbonyl (C=O) groups excluding carboxylic acids is 3. The summed E-state index contributed by atoms with van der Waals surface area (Å²) in [6, 6.07) is 10.5. The van der Waals surface area contributed by atoms with Crippen molar-refractivity contribution in [2.24, 2.45) is 0 Å². The maximum atomic E-state index is 13.4. The highest BCUT2D eigenvalue weighted by Crippen LogP contribution is 2.44. The van der Waals surface area contributed by atoms with Gasteiger partial charge in [-0.15, -0.1) is 0 Å². The van der Waals surface area contributed by atoms with Crippen molar-refractivity contribution < 1.29 is 33.9 Å². The molecule has 0 spiro atoms. The second-order valence-corrected chi connectivity index (χ2v) is 9.25. The molecule has 1 unspecified atom stereocenters. The molecule has 0 aliphatic carbocycles. The summed E-state index contributed by atoms with van der Waals surface area (Å²) in [5, 5.41) is 22.5. The fourth-order valence-electron chi connectivity index (χ4n) is 4.05. The number of aryl methyl sites for hydroxylation is 1. The second kappa shape index (κ2) is 11.3. The number of Topliss-reactive ketones (excluding diaryl/α,β-unsaturated/α-hetero) is 1. The molecule has 39 heavy (non-hydrogen) atoms. The third-order valence-electron chi connectivity index (χ3n) is 5.79. The van der Waals surface area contributed by atoms with E-state index in [2.05, 4.69) is 11.6 Å². The van der Waals surface area contributed by atoms with Crippen LogP contribution in [0.15, 0.2) is 66.8 Å². The van der Waals surface area contributed by atoms with Gasteiger partial charge >= 0.3 is 11.9 Å². The van der Waals surface area contributed by atoms with Crippen LogP contribution in [0.3, 0.4) is 0 Å². The molecule has 3 aromatic rings. The molecule has 1 aromatic heterocycles. The molecule has 200 valence electrons. The molecule has 2 heterocycles. The van der Waals surface area contributed by atoms with Gasteiger partial charge in [0, 0.05) is 17.7 Å². The molecule has 1 fully saturated rings. The number of thiazole rings is 1. The number of hydrogen-bond acceptors (Lipinski definition) is 10. The number of anilines is 1. The molecule has 1 aliphatic heterocycles. The Labute approximate surface area is 226 Å². The summed E-state index contributed by atoms with van der Waals surface area (Å²) in [5.41, 5.74) is 0.377. The number of benzene rings is 2. The van der Waals surface area contributed by atoms with Crippen LogP contribution in [0.25, 0.3) is 5.76 Å². The fourth-order valence-corrected chi connectivity index (χ4v) is 5.04. The number of nitrogens with zero attached hydrogens (tertiary/aromatic N) is 3. The molecule has 11 nitrogen and oxygen atoms in total. The molecule has 2 aromatic carbocycles. The highest BCUT2D eigenvalue weighted by Gasteiger charge is 2.48. The first-order valence-corrected chi connectivity index (χ1v) is 12.5. The molecular formula is C27H23N3O8S. The zero-order chi connectivity index (χ0) is 28.3. The predicted octanol–water partition coefficient (Wildman–Crippen LogP) is 4.73. The van der Waals surface area contributed by atoms with Crippen LogP contribution >= 0.6 is 11.3 Å². The minimum absolute atomic E-state index is 0.0191. The smallest absolute Gasteiger partial charge is 0.350 e. The van der Waals surface area contributed by atoms with Crippen molar-refractivity contribution in [3.63, 3.8) is 0 Å². The second-order valence-electron chi connectivity index (χ2n) is 8.28. The summed E-state index contributed by atoms with van der Waals surface area (Å²) in [6.45, 7) is 7.20. The topological polar surface area (TPSA) is 149 Å². The average Bonchev–Trinajstić information content (AvgIpc) is 3.43. The van der Waals surface area contributed by atoms with Crippen LogP contribution in [-0.4, -0.2) is 45.9 Å². The van der Waals surface area contributed by atoms with E-state index in [1.807, 2.05) is 0 Å². The number of aliphatic hydroxyl groups excluding tert-OH is 1. The van der Waals surface area contributed by atoms with E-state index in [1.165, 1.54) is 36.4 Å². The highest BCUT2D eigenvalue weighted by molar-refractivity contribution is 7.17. The van der Waals surface area contributed by atoms with Crippen molar-refractivity contribution in [2.45, 2.75) is 19.9 Å². The third-order valence-corrected chi connectivity index (χ3v) is 6.93. The lowest BCUT2D eigenvalue weighted by atomic mass is 9.95. The van der Waals surface area contributed by atoms with Gasteiger partial charge < -0.3 is 14.6 Å². The Morgan fingerprint density at radius 1 is 1.26 bits per heavy atom. The molecule has 1 amide bonds. The quantitative estimate of drug-likeness (QED) is 0.0760. The number of esters is 1. The number of rotatable bonds is 9. The zero-order valence-electron chi connectivity index (χ0n) is 20.9. The van der Waals surface area contributed by atoms with Crippen LogP contribution in [0.1, 0.15) is 39.5 Å². The number of nitro groups is 1. The van der Waals surface area contributed by atoms with Crippen molar-refractivity contribution in [2.75, 3.05) is 18.1 Å². The summed E-state index contributed by atoms with van der Waals surface area (Å²) in [4.78, 5) is 55.4. The van der Waals surface area contributed by atoms with Crippen LogP contribution in [0.5, 0.6) is 5.75 Å². The Bertz CT molecular complexity index is 1510. The number of aliphatic hydroxyl groups is 1. The molecule has 0 saturated carbocycles. The molecule has 12 heteroatoms. The van der Waals surface area contributed by atoms with E-state index >= 15 is 0 Å². The van der Waals surface area contributed by atoms with Gasteiger partial charge in [0.05, 0.1) is 28.8 Å². The maximum absolute atomic E-state index is 13.4. The van der Waals surface area contributed by atoms with Gasteiger partial charge in [-0.3, -0.25) is 24.6 Å². The molecule has 0 radical (unpaired) electrons. The molecule has 4 rings (SSSR count). The van der Waals surface area contributed by atoms with Crippen LogP contribution in [0.4, 0.5) is 10.8 Å². The minimum atomic E-state index is -1.19. The number of ether oxygens (including phenoxy) is 2. The van der Waals surface area contributed by atoms with Crippen molar-refractivity contribution in [3.05, 3.63) is 98.6 Å². The Morgan fingerprint density at radius 2 is 1.97 bits per heavy atom. The van der Waals surface area contributed by atoms with Crippen molar-refractivity contribution in [3.8, 4) is 5.75 Å². The number of aromatic nitrogens is 1. The van der Waals surface area contributed by atoms with Gasteiger partial charge in [-0.2, -0.15) is 0 Å². The van der Waals surface area contributed by atoms with E-state index in [0.29, 0.717) is 17.9 Å². The number of non-ortho nitro benzene ring substituents is 1. The molecule has 0 bridgehead atoms. The summed E-state index contributed by atoms with van der Waals surface area (Å²) < 4.78 is 10.6. The van der Waals surface area contributed by atoms with E-state index in [9.17, 15) is 29.6 Å². The summed E-state index contributed by atoms with van der Waals surface area (Å²) in [6.07, 6.45) is 1.41. The Balaban J connectivity index is 1.89. The molecule has 1 atom stereocenters. The van der Waals surface area contributed by atoms with Crippen LogP contribution in [0, 0.1) is 17.0 Å². The van der Waals surface area contributed by atoms with E-state index in [4.69, 9.17) is 9.47 Å². The maximum Gasteiger partial charge on any atom is 0.350 e. The van der Waals surface area contributed by atoms with Gasteiger partial charge in [0.2, 0.25) is 0 Å². The first-order valence-electron chi connectivity index (χ1n) is 11.7. The molecule has 1 aliphatic rings. The number of carbonyl (C=O) groups is 3. The lowest BCUT2D eigenvalue weighted by Gasteiger charge is -2.23. The van der Waals surface area contributed by atoms with Crippen LogP contribution in [0.2, 0.25) is 0 Å². The SMILES string of the molecule is C=CCOC(=O)c1sc(N2C(=O)C(=O)/C(=C(/O)c3cccc(OCC)c3)C2c2ccc([N+](=O)[O-])cc2)nc1C. The molecule has 1 N–H and O–H groups in total. The predicted molar refractivity (Wildman–Crippen MR) is 143 cm³/mol. The normalized spacial score (nSPS) is 16.3. The van der Waals surface area contributed by atoms with Gasteiger partial charge in [-0.05, 0) is 43.7 Å². The first kappa shape index (κ1) is 27.2.